The molecular weight excluding hydrogens is 188 g/mol. The van der Waals surface area contributed by atoms with Crippen molar-refractivity contribution in [2.45, 2.75) is 26.7 Å². The molecule has 15 heavy (non-hydrogen) atoms. The summed E-state index contributed by atoms with van der Waals surface area (Å²) in [5, 5.41) is 0. The second kappa shape index (κ2) is 6.62. The second-order valence-corrected chi connectivity index (χ2v) is 3.90. The molecule has 1 aromatic carbocycles. The van der Waals surface area contributed by atoms with E-state index in [9.17, 15) is 4.39 Å². The van der Waals surface area contributed by atoms with E-state index in [4.69, 9.17) is 0 Å². The van der Waals surface area contributed by atoms with Crippen LogP contribution in [0.4, 0.5) is 4.39 Å². The zero-order valence-corrected chi connectivity index (χ0v) is 9.67. The molecule has 3 heteroatoms. The van der Waals surface area contributed by atoms with Crippen LogP contribution in [-0.4, -0.2) is 25.3 Å². The summed E-state index contributed by atoms with van der Waals surface area (Å²) in [5.41, 5.74) is 1.19. The largest absolute Gasteiger partial charge is 0.341 e. The Balaban J connectivity index is 2.53. The van der Waals surface area contributed by atoms with E-state index in [0.717, 1.165) is 20.5 Å². The minimum Gasteiger partial charge on any atom is -0.341 e. The molecule has 0 heterocycles. The van der Waals surface area contributed by atoms with Crippen molar-refractivity contribution in [3.8, 4) is 0 Å². The van der Waals surface area contributed by atoms with Gasteiger partial charge in [0.25, 0.3) is 0 Å². The Morgan fingerprint density at radius 3 is 2.07 bits per heavy atom. The van der Waals surface area contributed by atoms with Crippen LogP contribution in [0.2, 0.25) is 0 Å². The van der Waals surface area contributed by atoms with Crippen molar-refractivity contribution < 1.29 is 4.39 Å². The van der Waals surface area contributed by atoms with Gasteiger partial charge in [-0.3, -0.25) is 0 Å². The van der Waals surface area contributed by atoms with Gasteiger partial charge in [-0.25, -0.2) is 4.39 Å². The number of hydrogen-bond donors (Lipinski definition) is 0. The number of hydrogen-bond acceptors (Lipinski definition) is 1. The van der Waals surface area contributed by atoms with E-state index in [1.165, 1.54) is 30.4 Å². The normalized spacial score (nSPS) is 10.7. The Labute approximate surface area is 92.6 Å². The maximum Gasteiger partial charge on any atom is 0.238 e. The fraction of sp³-hybridized carbons (Fsp3) is 0.500. The third-order valence-corrected chi connectivity index (χ3v) is 2.40. The van der Waals surface area contributed by atoms with Gasteiger partial charge in [-0.15, -0.1) is 0 Å². The van der Waals surface area contributed by atoms with Crippen molar-refractivity contribution in [1.82, 2.24) is 4.81 Å². The lowest BCUT2D eigenvalue weighted by atomic mass is 9.80. The van der Waals surface area contributed by atoms with Crippen LogP contribution in [0.25, 0.3) is 0 Å². The van der Waals surface area contributed by atoms with E-state index in [1.54, 1.807) is 0 Å². The summed E-state index contributed by atoms with van der Waals surface area (Å²) in [6, 6.07) is 6.80. The smallest absolute Gasteiger partial charge is 0.238 e. The highest BCUT2D eigenvalue weighted by Gasteiger charge is 2.05. The molecule has 0 spiro atoms. The minimum atomic E-state index is -0.156. The molecule has 1 rings (SSSR count). The summed E-state index contributed by atoms with van der Waals surface area (Å²) in [4.78, 5) is 2.41. The van der Waals surface area contributed by atoms with E-state index >= 15 is 0 Å². The average Bonchev–Trinajstić information content (AvgIpc) is 2.22. The van der Waals surface area contributed by atoms with E-state index in [1.807, 2.05) is 12.1 Å². The molecule has 1 nitrogen and oxygen atoms in total. The van der Waals surface area contributed by atoms with Gasteiger partial charge in [0.15, 0.2) is 0 Å². The summed E-state index contributed by atoms with van der Waals surface area (Å²) >= 11 is 0. The van der Waals surface area contributed by atoms with Gasteiger partial charge in [0.05, 0.1) is 0 Å². The maximum atomic E-state index is 12.7. The second-order valence-electron chi connectivity index (χ2n) is 3.90. The van der Waals surface area contributed by atoms with Gasteiger partial charge < -0.3 is 4.81 Å². The highest BCUT2D eigenvalue weighted by Crippen LogP contribution is 1.95. The first-order chi connectivity index (χ1) is 7.26. The summed E-state index contributed by atoms with van der Waals surface area (Å²) in [5.74, 6) is -0.156. The monoisotopic (exact) mass is 207 g/mol. The van der Waals surface area contributed by atoms with Crippen LogP contribution in [0.15, 0.2) is 24.3 Å². The third-order valence-electron chi connectivity index (χ3n) is 2.40. The highest BCUT2D eigenvalue weighted by atomic mass is 19.1. The fourth-order valence-corrected chi connectivity index (χ4v) is 1.75. The summed E-state index contributed by atoms with van der Waals surface area (Å²) in [6.45, 7) is 6.61. The number of halogens is 1. The SMILES string of the molecule is CCCN(Bc1ccc(F)cc1)CCC. The molecule has 0 amide bonds. The molecule has 0 bridgehead atoms. The molecule has 0 aliphatic carbocycles. The standard InChI is InChI=1S/C12H19BFN/c1-3-9-15(10-4-2)13-11-5-7-12(14)8-6-11/h5-8,13H,3-4,9-10H2,1-2H3. The Hall–Kier alpha value is -0.825. The highest BCUT2D eigenvalue weighted by molar-refractivity contribution is 6.50. The summed E-state index contributed by atoms with van der Waals surface area (Å²) in [7, 11) is 0.932. The lowest BCUT2D eigenvalue weighted by Crippen LogP contribution is -2.37. The van der Waals surface area contributed by atoms with Crippen LogP contribution in [-0.2, 0) is 0 Å². The first-order valence-corrected chi connectivity index (χ1v) is 5.73. The van der Waals surface area contributed by atoms with Gasteiger partial charge in [-0.1, -0.05) is 31.4 Å². The molecule has 1 aromatic rings. The maximum absolute atomic E-state index is 12.7. The van der Waals surface area contributed by atoms with E-state index in [-0.39, 0.29) is 5.82 Å². The zero-order valence-electron chi connectivity index (χ0n) is 9.67. The fourth-order valence-electron chi connectivity index (χ4n) is 1.75. The Morgan fingerprint density at radius 1 is 1.07 bits per heavy atom. The molecule has 0 aliphatic rings. The molecular formula is C12H19BFN. The predicted molar refractivity (Wildman–Crippen MR) is 65.3 cm³/mol. The Morgan fingerprint density at radius 2 is 1.60 bits per heavy atom. The zero-order chi connectivity index (χ0) is 11.1. The van der Waals surface area contributed by atoms with Crippen molar-refractivity contribution in [2.24, 2.45) is 0 Å². The molecule has 0 saturated carbocycles. The van der Waals surface area contributed by atoms with Crippen LogP contribution in [0, 0.1) is 5.82 Å². The molecule has 0 N–H and O–H groups in total. The lowest BCUT2D eigenvalue weighted by Gasteiger charge is -2.19. The van der Waals surface area contributed by atoms with Crippen molar-refractivity contribution in [3.05, 3.63) is 30.1 Å². The van der Waals surface area contributed by atoms with Gasteiger partial charge in [-0.05, 0) is 38.1 Å². The third kappa shape index (κ3) is 4.47. The molecule has 0 atom stereocenters. The molecule has 0 fully saturated rings. The van der Waals surface area contributed by atoms with Gasteiger partial charge in [-0.2, -0.15) is 0 Å². The van der Waals surface area contributed by atoms with E-state index in [0.29, 0.717) is 0 Å². The number of benzene rings is 1. The van der Waals surface area contributed by atoms with Crippen molar-refractivity contribution in [1.29, 1.82) is 0 Å². The molecule has 0 saturated heterocycles. The van der Waals surface area contributed by atoms with Crippen LogP contribution >= 0.6 is 0 Å². The minimum absolute atomic E-state index is 0.156. The Kier molecular flexibility index (Phi) is 5.40. The van der Waals surface area contributed by atoms with Crippen LogP contribution in [0.1, 0.15) is 26.7 Å². The molecule has 0 aromatic heterocycles. The van der Waals surface area contributed by atoms with Crippen molar-refractivity contribution in [3.63, 3.8) is 0 Å². The first kappa shape index (κ1) is 12.2. The van der Waals surface area contributed by atoms with Gasteiger partial charge in [0, 0.05) is 0 Å². The van der Waals surface area contributed by atoms with Crippen LogP contribution < -0.4 is 5.46 Å². The predicted octanol–water partition coefficient (Wildman–Crippen LogP) is 1.92. The quantitative estimate of drug-likeness (QED) is 0.644. The lowest BCUT2D eigenvalue weighted by molar-refractivity contribution is 0.445. The number of nitrogens with zero attached hydrogens (tertiary/aromatic N) is 1. The Bertz CT molecular complexity index is 267. The van der Waals surface area contributed by atoms with Crippen molar-refractivity contribution >= 4 is 12.9 Å². The molecule has 0 radical (unpaired) electrons. The first-order valence-electron chi connectivity index (χ1n) is 5.73. The van der Waals surface area contributed by atoms with E-state index in [2.05, 4.69) is 18.7 Å². The van der Waals surface area contributed by atoms with Gasteiger partial charge >= 0.3 is 0 Å². The molecule has 82 valence electrons. The summed E-state index contributed by atoms with van der Waals surface area (Å²) < 4.78 is 12.7. The van der Waals surface area contributed by atoms with Crippen LogP contribution in [0.5, 0.6) is 0 Å². The summed E-state index contributed by atoms with van der Waals surface area (Å²) in [6.07, 6.45) is 2.34. The topological polar surface area (TPSA) is 3.24 Å². The van der Waals surface area contributed by atoms with Crippen LogP contribution in [0.3, 0.4) is 0 Å². The van der Waals surface area contributed by atoms with Gasteiger partial charge in [0.1, 0.15) is 5.82 Å². The molecule has 0 aliphatic heterocycles. The van der Waals surface area contributed by atoms with Crippen molar-refractivity contribution in [2.75, 3.05) is 13.1 Å². The van der Waals surface area contributed by atoms with E-state index < -0.39 is 0 Å². The number of rotatable bonds is 6. The molecule has 0 unspecified atom stereocenters. The van der Waals surface area contributed by atoms with Gasteiger partial charge in [0.2, 0.25) is 7.41 Å². The average molecular weight is 207 g/mol.